The molecule has 6 heteroatoms. The molecule has 2 N–H and O–H groups in total. The number of amides is 2. The van der Waals surface area contributed by atoms with Gasteiger partial charge in [0.05, 0.1) is 0 Å². The van der Waals surface area contributed by atoms with Crippen molar-refractivity contribution in [2.24, 2.45) is 0 Å². The van der Waals surface area contributed by atoms with Gasteiger partial charge >= 0.3 is 5.91 Å². The fourth-order valence-electron chi connectivity index (χ4n) is 3.47. The van der Waals surface area contributed by atoms with Crippen molar-refractivity contribution in [3.8, 4) is 0 Å². The van der Waals surface area contributed by atoms with Crippen LogP contribution in [0.2, 0.25) is 0 Å². The van der Waals surface area contributed by atoms with Crippen LogP contribution in [0.15, 0.2) is 78.9 Å². The molecule has 1 fully saturated rings. The van der Waals surface area contributed by atoms with Gasteiger partial charge in [0.1, 0.15) is 5.82 Å². The third-order valence-electron chi connectivity index (χ3n) is 5.04. The van der Waals surface area contributed by atoms with Crippen LogP contribution in [-0.2, 0) is 4.79 Å². The van der Waals surface area contributed by atoms with Gasteiger partial charge in [0.25, 0.3) is 5.91 Å². The van der Waals surface area contributed by atoms with Gasteiger partial charge in [-0.05, 0) is 43.3 Å². The van der Waals surface area contributed by atoms with Crippen molar-refractivity contribution in [2.45, 2.75) is 19.0 Å². The molecule has 4 rings (SSSR count). The lowest BCUT2D eigenvalue weighted by Crippen LogP contribution is -2.42. The van der Waals surface area contributed by atoms with Crippen molar-refractivity contribution in [1.29, 1.82) is 0 Å². The van der Waals surface area contributed by atoms with E-state index in [-0.39, 0.29) is 11.5 Å². The van der Waals surface area contributed by atoms with Crippen LogP contribution >= 0.6 is 0 Å². The Morgan fingerprint density at radius 1 is 1.00 bits per heavy atom. The lowest BCUT2D eigenvalue weighted by atomic mass is 10.00. The summed E-state index contributed by atoms with van der Waals surface area (Å²) in [6.07, 6.45) is 1.85. The smallest absolute Gasteiger partial charge is 0.304 e. The molecule has 0 aromatic heterocycles. The number of rotatable bonds is 4. The summed E-state index contributed by atoms with van der Waals surface area (Å²) in [4.78, 5) is 25.5. The highest BCUT2D eigenvalue weighted by Gasteiger charge is 2.47. The highest BCUT2D eigenvalue weighted by Crippen LogP contribution is 2.25. The Bertz CT molecular complexity index is 1090. The van der Waals surface area contributed by atoms with Crippen LogP contribution in [0.1, 0.15) is 33.1 Å². The first-order valence-corrected chi connectivity index (χ1v) is 9.63. The van der Waals surface area contributed by atoms with Crippen LogP contribution in [-0.4, -0.2) is 28.8 Å². The van der Waals surface area contributed by atoms with E-state index < -0.39 is 23.8 Å². The van der Waals surface area contributed by atoms with Crippen molar-refractivity contribution < 1.29 is 18.7 Å². The van der Waals surface area contributed by atoms with E-state index in [1.54, 1.807) is 4.68 Å². The molecule has 5 nitrogen and oxygen atoms in total. The summed E-state index contributed by atoms with van der Waals surface area (Å²) in [5, 5.41) is 2.80. The molecule has 0 bridgehead atoms. The Morgan fingerprint density at radius 2 is 1.67 bits per heavy atom. The third kappa shape index (κ3) is 4.12. The van der Waals surface area contributed by atoms with E-state index >= 15 is 0 Å². The molecule has 1 heterocycles. The maximum Gasteiger partial charge on any atom is 0.304 e. The molecule has 0 unspecified atom stereocenters. The molecular formula is C24H21FN3O2+. The molecule has 3 aromatic carbocycles. The molecule has 150 valence electrons. The molecule has 0 aliphatic carbocycles. The van der Waals surface area contributed by atoms with Gasteiger partial charge < -0.3 is 5.32 Å². The van der Waals surface area contributed by atoms with Gasteiger partial charge in [-0.15, -0.1) is 10.1 Å². The second-order valence-electron chi connectivity index (χ2n) is 7.24. The second-order valence-corrected chi connectivity index (χ2v) is 7.24. The quantitative estimate of drug-likeness (QED) is 0.659. The molecule has 0 saturated carbocycles. The summed E-state index contributed by atoms with van der Waals surface area (Å²) in [6, 6.07) is 21.4. The molecule has 3 aromatic rings. The van der Waals surface area contributed by atoms with Gasteiger partial charge in [-0.3, -0.25) is 9.59 Å². The zero-order chi connectivity index (χ0) is 21.1. The number of nitrogens with zero attached hydrogens (tertiary/aromatic N) is 1. The number of nitrogens with one attached hydrogen (secondary N) is 2. The predicted molar refractivity (Wildman–Crippen MR) is 112 cm³/mol. The molecule has 0 radical (unpaired) electrons. The van der Waals surface area contributed by atoms with E-state index in [0.717, 1.165) is 16.7 Å². The third-order valence-corrected chi connectivity index (χ3v) is 5.04. The summed E-state index contributed by atoms with van der Waals surface area (Å²) < 4.78 is 14.9. The SMILES string of the molecule is Cc1ccc(/C=[N+]2\NC(=O)[C@H](NC(=O)c3ccc(F)cc3)[C@H]2c2ccccc2)cc1. The Kier molecular flexibility index (Phi) is 5.39. The van der Waals surface area contributed by atoms with E-state index in [9.17, 15) is 14.0 Å². The zero-order valence-corrected chi connectivity index (χ0v) is 16.4. The molecule has 2 atom stereocenters. The maximum absolute atomic E-state index is 13.2. The summed E-state index contributed by atoms with van der Waals surface area (Å²) in [5.74, 6) is -1.18. The summed E-state index contributed by atoms with van der Waals surface area (Å²) >= 11 is 0. The summed E-state index contributed by atoms with van der Waals surface area (Å²) in [5.41, 5.74) is 6.08. The van der Waals surface area contributed by atoms with Crippen molar-refractivity contribution in [3.05, 3.63) is 107 Å². The maximum atomic E-state index is 13.2. The van der Waals surface area contributed by atoms with Crippen molar-refractivity contribution >= 4 is 18.0 Å². The number of halogens is 1. The van der Waals surface area contributed by atoms with Crippen LogP contribution in [0, 0.1) is 12.7 Å². The van der Waals surface area contributed by atoms with Crippen LogP contribution in [0.5, 0.6) is 0 Å². The molecule has 0 spiro atoms. The van der Waals surface area contributed by atoms with Gasteiger partial charge in [-0.1, -0.05) is 48.0 Å². The molecule has 2 amide bonds. The van der Waals surface area contributed by atoms with Gasteiger partial charge in [0, 0.05) is 16.7 Å². The average Bonchev–Trinajstić information content (AvgIpc) is 3.05. The standard InChI is InChI=1S/C24H20FN3O2/c1-16-7-9-17(10-8-16)15-28-22(18-5-3-2-4-6-18)21(24(30)27-28)26-23(29)19-11-13-20(25)14-12-19/h2-15,21-22H,1H3,(H-,26,27,29,30)/p+1/b28-15-/t21-,22-/m1/s1. The highest BCUT2D eigenvalue weighted by atomic mass is 19.1. The Labute approximate surface area is 173 Å². The Hall–Kier alpha value is -3.80. The molecular weight excluding hydrogens is 381 g/mol. The van der Waals surface area contributed by atoms with Gasteiger partial charge in [-0.25, -0.2) is 4.39 Å². The van der Waals surface area contributed by atoms with E-state index in [2.05, 4.69) is 10.7 Å². The topological polar surface area (TPSA) is 61.2 Å². The minimum absolute atomic E-state index is 0.289. The first kappa shape index (κ1) is 19.5. The van der Waals surface area contributed by atoms with Gasteiger partial charge in [-0.2, -0.15) is 0 Å². The van der Waals surface area contributed by atoms with Crippen LogP contribution < -0.4 is 10.7 Å². The van der Waals surface area contributed by atoms with Crippen LogP contribution in [0.4, 0.5) is 4.39 Å². The van der Waals surface area contributed by atoms with E-state index in [1.165, 1.54) is 24.3 Å². The first-order valence-electron chi connectivity index (χ1n) is 9.63. The number of carbonyl (C=O) groups excluding carboxylic acids is 2. The van der Waals surface area contributed by atoms with Crippen molar-refractivity contribution in [3.63, 3.8) is 0 Å². The number of hydrogen-bond acceptors (Lipinski definition) is 2. The summed E-state index contributed by atoms with van der Waals surface area (Å²) in [7, 11) is 0. The minimum Gasteiger partial charge on any atom is -0.334 e. The highest BCUT2D eigenvalue weighted by molar-refractivity contribution is 5.98. The van der Waals surface area contributed by atoms with Gasteiger partial charge in [0.2, 0.25) is 12.3 Å². The molecule has 1 aliphatic heterocycles. The number of hydrazine groups is 1. The normalized spacial score (nSPS) is 19.5. The summed E-state index contributed by atoms with van der Waals surface area (Å²) in [6.45, 7) is 2.01. The number of benzene rings is 3. The molecule has 1 aliphatic rings. The first-order chi connectivity index (χ1) is 14.5. The van der Waals surface area contributed by atoms with Crippen LogP contribution in [0.3, 0.4) is 0 Å². The number of aryl methyl sites for hydroxylation is 1. The predicted octanol–water partition coefficient (Wildman–Crippen LogP) is 3.15. The molecule has 1 saturated heterocycles. The second kappa shape index (κ2) is 8.29. The monoisotopic (exact) mass is 402 g/mol. The Morgan fingerprint density at radius 3 is 2.33 bits per heavy atom. The minimum atomic E-state index is -0.813. The fraction of sp³-hybridized carbons (Fsp3) is 0.125. The van der Waals surface area contributed by atoms with E-state index in [4.69, 9.17) is 0 Å². The largest absolute Gasteiger partial charge is 0.334 e. The lowest BCUT2D eigenvalue weighted by molar-refractivity contribution is -0.596. The number of carbonyl (C=O) groups is 2. The number of hydrazone groups is 1. The van der Waals surface area contributed by atoms with Crippen molar-refractivity contribution in [1.82, 2.24) is 10.7 Å². The van der Waals surface area contributed by atoms with Gasteiger partial charge in [0.15, 0.2) is 6.04 Å². The molecule has 30 heavy (non-hydrogen) atoms. The fourth-order valence-corrected chi connectivity index (χ4v) is 3.47. The Balaban J connectivity index is 1.68. The van der Waals surface area contributed by atoms with Crippen LogP contribution in [0.25, 0.3) is 0 Å². The van der Waals surface area contributed by atoms with E-state index in [0.29, 0.717) is 0 Å². The number of hydrogen-bond donors (Lipinski definition) is 2. The van der Waals surface area contributed by atoms with Crippen molar-refractivity contribution in [2.75, 3.05) is 0 Å². The van der Waals surface area contributed by atoms with E-state index in [1.807, 2.05) is 67.7 Å². The lowest BCUT2D eigenvalue weighted by Gasteiger charge is -2.14. The average molecular weight is 402 g/mol. The zero-order valence-electron chi connectivity index (χ0n) is 16.4.